The van der Waals surface area contributed by atoms with E-state index in [1.165, 1.54) is 31.2 Å². The maximum Gasteiger partial charge on any atom is 0.118 e. The molecule has 1 aromatic carbocycles. The minimum Gasteiger partial charge on any atom is -0.497 e. The Labute approximate surface area is 129 Å². The third-order valence-electron chi connectivity index (χ3n) is 5.06. The predicted molar refractivity (Wildman–Crippen MR) is 88.9 cm³/mol. The van der Waals surface area contributed by atoms with Gasteiger partial charge in [-0.3, -0.25) is 4.90 Å². The molecule has 0 spiro atoms. The van der Waals surface area contributed by atoms with E-state index in [2.05, 4.69) is 55.5 Å². The molecule has 1 N–H and O–H groups in total. The van der Waals surface area contributed by atoms with Crippen LogP contribution in [0.25, 0.3) is 0 Å². The number of nitrogens with one attached hydrogen (secondary N) is 1. The monoisotopic (exact) mass is 290 g/mol. The predicted octanol–water partition coefficient (Wildman–Crippen LogP) is 3.61. The van der Waals surface area contributed by atoms with Gasteiger partial charge < -0.3 is 10.1 Å². The lowest BCUT2D eigenvalue weighted by atomic mass is 9.88. The lowest BCUT2D eigenvalue weighted by Crippen LogP contribution is -2.41. The highest BCUT2D eigenvalue weighted by Crippen LogP contribution is 2.31. The minimum absolute atomic E-state index is 0.507. The molecule has 21 heavy (non-hydrogen) atoms. The van der Waals surface area contributed by atoms with Crippen molar-refractivity contribution in [2.45, 2.75) is 57.2 Å². The van der Waals surface area contributed by atoms with Gasteiger partial charge in [-0.15, -0.1) is 0 Å². The van der Waals surface area contributed by atoms with Gasteiger partial charge in [-0.1, -0.05) is 19.1 Å². The number of nitrogens with zero attached hydrogens (tertiary/aromatic N) is 1. The third kappa shape index (κ3) is 3.98. The minimum atomic E-state index is 0.507. The van der Waals surface area contributed by atoms with E-state index in [9.17, 15) is 0 Å². The van der Waals surface area contributed by atoms with Gasteiger partial charge >= 0.3 is 0 Å². The molecule has 0 saturated heterocycles. The summed E-state index contributed by atoms with van der Waals surface area (Å²) < 4.78 is 5.26. The van der Waals surface area contributed by atoms with Gasteiger partial charge in [0.15, 0.2) is 0 Å². The van der Waals surface area contributed by atoms with E-state index in [0.29, 0.717) is 12.1 Å². The Bertz CT molecular complexity index is 410. The quantitative estimate of drug-likeness (QED) is 0.866. The van der Waals surface area contributed by atoms with Gasteiger partial charge in [0.25, 0.3) is 0 Å². The van der Waals surface area contributed by atoms with E-state index in [1.54, 1.807) is 7.11 Å². The Morgan fingerprint density at radius 2 is 1.81 bits per heavy atom. The molecule has 0 bridgehead atoms. The summed E-state index contributed by atoms with van der Waals surface area (Å²) in [6.07, 6.45) is 6.34. The molecular weight excluding hydrogens is 260 g/mol. The normalized spacial score (nSPS) is 24.0. The van der Waals surface area contributed by atoms with Gasteiger partial charge in [-0.25, -0.2) is 0 Å². The van der Waals surface area contributed by atoms with Crippen LogP contribution >= 0.6 is 0 Å². The fourth-order valence-electron chi connectivity index (χ4n) is 3.61. The molecule has 0 amide bonds. The Morgan fingerprint density at radius 1 is 1.19 bits per heavy atom. The molecule has 1 aliphatic carbocycles. The van der Waals surface area contributed by atoms with Crippen molar-refractivity contribution in [3.63, 3.8) is 0 Å². The van der Waals surface area contributed by atoms with Crippen molar-refractivity contribution >= 4 is 0 Å². The maximum atomic E-state index is 5.26. The first-order valence-corrected chi connectivity index (χ1v) is 8.22. The smallest absolute Gasteiger partial charge is 0.118 e. The maximum absolute atomic E-state index is 5.26. The third-order valence-corrected chi connectivity index (χ3v) is 5.06. The fourth-order valence-corrected chi connectivity index (χ4v) is 3.61. The van der Waals surface area contributed by atoms with E-state index in [4.69, 9.17) is 4.74 Å². The highest BCUT2D eigenvalue weighted by atomic mass is 16.5. The first-order chi connectivity index (χ1) is 10.2. The van der Waals surface area contributed by atoms with Gasteiger partial charge in [0.05, 0.1) is 7.11 Å². The molecule has 2 rings (SSSR count). The molecule has 0 radical (unpaired) electrons. The summed E-state index contributed by atoms with van der Waals surface area (Å²) in [5, 5.41) is 3.42. The lowest BCUT2D eigenvalue weighted by Gasteiger charge is -2.39. The second-order valence-corrected chi connectivity index (χ2v) is 6.16. The number of rotatable bonds is 6. The lowest BCUT2D eigenvalue weighted by molar-refractivity contribution is 0.124. The number of hydrogen-bond acceptors (Lipinski definition) is 3. The Balaban J connectivity index is 2.02. The molecule has 0 aliphatic heterocycles. The molecule has 1 atom stereocenters. The Kier molecular flexibility index (Phi) is 6.07. The first-order valence-electron chi connectivity index (χ1n) is 8.22. The van der Waals surface area contributed by atoms with E-state index in [-0.39, 0.29) is 0 Å². The zero-order valence-electron chi connectivity index (χ0n) is 13.9. The summed E-state index contributed by atoms with van der Waals surface area (Å²) in [6, 6.07) is 10.5. The van der Waals surface area contributed by atoms with Crippen molar-refractivity contribution in [2.24, 2.45) is 0 Å². The van der Waals surface area contributed by atoms with Crippen LogP contribution in [0.2, 0.25) is 0 Å². The van der Waals surface area contributed by atoms with E-state index < -0.39 is 0 Å². The molecule has 3 nitrogen and oxygen atoms in total. The molecule has 3 heteroatoms. The van der Waals surface area contributed by atoms with Gasteiger partial charge in [-0.05, 0) is 63.9 Å². The molecule has 0 heterocycles. The van der Waals surface area contributed by atoms with Crippen LogP contribution in [0.4, 0.5) is 0 Å². The van der Waals surface area contributed by atoms with Crippen LogP contribution in [0.1, 0.15) is 50.6 Å². The van der Waals surface area contributed by atoms with Gasteiger partial charge in [0, 0.05) is 18.1 Å². The largest absolute Gasteiger partial charge is 0.497 e. The topological polar surface area (TPSA) is 24.5 Å². The van der Waals surface area contributed by atoms with E-state index in [0.717, 1.165) is 18.2 Å². The zero-order valence-corrected chi connectivity index (χ0v) is 13.9. The van der Waals surface area contributed by atoms with Gasteiger partial charge in [-0.2, -0.15) is 0 Å². The Hall–Kier alpha value is -1.06. The molecule has 1 aliphatic rings. The summed E-state index contributed by atoms with van der Waals surface area (Å²) in [4.78, 5) is 2.59. The van der Waals surface area contributed by atoms with Crippen molar-refractivity contribution in [1.82, 2.24) is 10.2 Å². The summed E-state index contributed by atoms with van der Waals surface area (Å²) in [6.45, 7) is 2.28. The molecule has 118 valence electrons. The second kappa shape index (κ2) is 7.81. The van der Waals surface area contributed by atoms with E-state index >= 15 is 0 Å². The summed E-state index contributed by atoms with van der Waals surface area (Å²) in [5.41, 5.74) is 1.40. The van der Waals surface area contributed by atoms with Crippen molar-refractivity contribution in [3.05, 3.63) is 29.8 Å². The Morgan fingerprint density at radius 3 is 2.29 bits per heavy atom. The number of ether oxygens (including phenoxy) is 1. The zero-order chi connectivity index (χ0) is 15.2. The van der Waals surface area contributed by atoms with Crippen LogP contribution in [0, 0.1) is 0 Å². The average Bonchev–Trinajstić information content (AvgIpc) is 2.56. The van der Waals surface area contributed by atoms with Crippen molar-refractivity contribution in [1.29, 1.82) is 0 Å². The standard InChI is InChI=1S/C18H30N2O/c1-5-18(14-6-12-17(21-4)13-7-14)20(3)16-10-8-15(19-2)9-11-16/h6-7,12-13,15-16,18-19H,5,8-11H2,1-4H3. The van der Waals surface area contributed by atoms with Crippen molar-refractivity contribution < 1.29 is 4.74 Å². The van der Waals surface area contributed by atoms with Crippen LogP contribution in [0.15, 0.2) is 24.3 Å². The average molecular weight is 290 g/mol. The molecular formula is C18H30N2O. The highest BCUT2D eigenvalue weighted by Gasteiger charge is 2.27. The van der Waals surface area contributed by atoms with Crippen LogP contribution in [0.3, 0.4) is 0 Å². The second-order valence-electron chi connectivity index (χ2n) is 6.16. The number of hydrogen-bond donors (Lipinski definition) is 1. The van der Waals surface area contributed by atoms with Gasteiger partial charge in [0.1, 0.15) is 5.75 Å². The highest BCUT2D eigenvalue weighted by molar-refractivity contribution is 5.29. The van der Waals surface area contributed by atoms with Gasteiger partial charge in [0.2, 0.25) is 0 Å². The summed E-state index contributed by atoms with van der Waals surface area (Å²) >= 11 is 0. The first kappa shape index (κ1) is 16.3. The van der Waals surface area contributed by atoms with E-state index in [1.807, 2.05) is 0 Å². The fraction of sp³-hybridized carbons (Fsp3) is 0.667. The molecule has 1 unspecified atom stereocenters. The van der Waals surface area contributed by atoms with Crippen LogP contribution < -0.4 is 10.1 Å². The molecule has 1 aromatic rings. The summed E-state index contributed by atoms with van der Waals surface area (Å²) in [7, 11) is 6.10. The number of benzene rings is 1. The summed E-state index contributed by atoms with van der Waals surface area (Å²) in [5.74, 6) is 0.936. The molecule has 1 saturated carbocycles. The molecule has 0 aromatic heterocycles. The number of methoxy groups -OCH3 is 1. The van der Waals surface area contributed by atoms with Crippen LogP contribution in [-0.2, 0) is 0 Å². The SMILES string of the molecule is CCC(c1ccc(OC)cc1)N(C)C1CCC(NC)CC1. The molecule has 1 fully saturated rings. The van der Waals surface area contributed by atoms with Crippen LogP contribution in [-0.4, -0.2) is 38.2 Å². The van der Waals surface area contributed by atoms with Crippen LogP contribution in [0.5, 0.6) is 5.75 Å². The van der Waals surface area contributed by atoms with Crippen molar-refractivity contribution in [3.8, 4) is 5.75 Å². The van der Waals surface area contributed by atoms with Crippen molar-refractivity contribution in [2.75, 3.05) is 21.2 Å².